The van der Waals surface area contributed by atoms with Crippen molar-refractivity contribution in [2.45, 2.75) is 13.1 Å². The number of nitrogens with zero attached hydrogens (tertiary/aromatic N) is 2. The van der Waals surface area contributed by atoms with Gasteiger partial charge in [0.15, 0.2) is 0 Å². The minimum atomic E-state index is -1.00. The standard InChI is InChI=1S/C14H16N2O3S/c17-7-6-16(8-11-4-2-1-3-5-11)9-12-10-20-13(15-12)14(18)19/h1-5,10,17H,6-9H2,(H,18,19). The van der Waals surface area contributed by atoms with E-state index in [-0.39, 0.29) is 11.6 Å². The molecule has 0 saturated heterocycles. The van der Waals surface area contributed by atoms with Crippen molar-refractivity contribution in [1.29, 1.82) is 0 Å². The van der Waals surface area contributed by atoms with Gasteiger partial charge in [0.1, 0.15) is 0 Å². The van der Waals surface area contributed by atoms with Crippen molar-refractivity contribution in [3.63, 3.8) is 0 Å². The van der Waals surface area contributed by atoms with E-state index >= 15 is 0 Å². The van der Waals surface area contributed by atoms with Crippen molar-refractivity contribution in [2.24, 2.45) is 0 Å². The summed E-state index contributed by atoms with van der Waals surface area (Å²) in [6, 6.07) is 9.94. The fourth-order valence-electron chi connectivity index (χ4n) is 1.90. The first-order valence-electron chi connectivity index (χ1n) is 6.24. The summed E-state index contributed by atoms with van der Waals surface area (Å²) in [5.41, 5.74) is 1.87. The molecular weight excluding hydrogens is 276 g/mol. The molecule has 0 aliphatic rings. The monoisotopic (exact) mass is 292 g/mol. The first-order chi connectivity index (χ1) is 9.69. The Morgan fingerprint density at radius 3 is 2.60 bits per heavy atom. The lowest BCUT2D eigenvalue weighted by atomic mass is 10.2. The number of carboxylic acids is 1. The third-order valence-electron chi connectivity index (χ3n) is 2.79. The first kappa shape index (κ1) is 14.6. The Balaban J connectivity index is 2.02. The molecule has 106 valence electrons. The van der Waals surface area contributed by atoms with Gasteiger partial charge in [0.05, 0.1) is 12.3 Å². The number of aromatic carboxylic acids is 1. The van der Waals surface area contributed by atoms with Gasteiger partial charge in [-0.05, 0) is 5.56 Å². The second-order valence-electron chi connectivity index (χ2n) is 4.37. The van der Waals surface area contributed by atoms with E-state index in [2.05, 4.69) is 4.98 Å². The van der Waals surface area contributed by atoms with E-state index in [0.29, 0.717) is 19.6 Å². The van der Waals surface area contributed by atoms with Crippen molar-refractivity contribution in [2.75, 3.05) is 13.2 Å². The summed E-state index contributed by atoms with van der Waals surface area (Å²) in [6.07, 6.45) is 0. The van der Waals surface area contributed by atoms with Crippen molar-refractivity contribution in [3.05, 3.63) is 52.0 Å². The van der Waals surface area contributed by atoms with Gasteiger partial charge < -0.3 is 10.2 Å². The third kappa shape index (κ3) is 4.12. The summed E-state index contributed by atoms with van der Waals surface area (Å²) in [7, 11) is 0. The minimum absolute atomic E-state index is 0.0583. The summed E-state index contributed by atoms with van der Waals surface area (Å²) in [5.74, 6) is -1.00. The molecule has 5 nitrogen and oxygen atoms in total. The highest BCUT2D eigenvalue weighted by Gasteiger charge is 2.12. The third-order valence-corrected chi connectivity index (χ3v) is 3.66. The average molecular weight is 292 g/mol. The molecule has 0 fully saturated rings. The maximum atomic E-state index is 10.8. The summed E-state index contributed by atoms with van der Waals surface area (Å²) < 4.78 is 0. The molecular formula is C14H16N2O3S. The molecule has 0 aliphatic carbocycles. The topological polar surface area (TPSA) is 73.7 Å². The number of aromatic nitrogens is 1. The molecule has 0 aliphatic heterocycles. The number of aliphatic hydroxyl groups is 1. The lowest BCUT2D eigenvalue weighted by molar-refractivity contribution is 0.0696. The summed E-state index contributed by atoms with van der Waals surface area (Å²) >= 11 is 1.12. The molecule has 2 rings (SSSR count). The maximum Gasteiger partial charge on any atom is 0.365 e. The Hall–Kier alpha value is -1.76. The molecule has 1 aromatic heterocycles. The fraction of sp³-hybridized carbons (Fsp3) is 0.286. The van der Waals surface area contributed by atoms with Gasteiger partial charge in [-0.2, -0.15) is 0 Å². The van der Waals surface area contributed by atoms with Gasteiger partial charge in [-0.25, -0.2) is 9.78 Å². The van der Waals surface area contributed by atoms with Gasteiger partial charge in [0.2, 0.25) is 5.01 Å². The molecule has 0 bridgehead atoms. The van der Waals surface area contributed by atoms with Crippen LogP contribution in [0, 0.1) is 0 Å². The molecule has 0 radical (unpaired) electrons. The Labute approximate surface area is 121 Å². The zero-order chi connectivity index (χ0) is 14.4. The SMILES string of the molecule is O=C(O)c1nc(CN(CCO)Cc2ccccc2)cs1. The number of carboxylic acid groups (broad SMARTS) is 1. The number of aliphatic hydroxyl groups excluding tert-OH is 1. The second-order valence-corrected chi connectivity index (χ2v) is 5.23. The van der Waals surface area contributed by atoms with Crippen LogP contribution < -0.4 is 0 Å². The Morgan fingerprint density at radius 1 is 1.25 bits per heavy atom. The largest absolute Gasteiger partial charge is 0.476 e. The van der Waals surface area contributed by atoms with Crippen LogP contribution in [0.5, 0.6) is 0 Å². The van der Waals surface area contributed by atoms with E-state index in [1.54, 1.807) is 5.38 Å². The summed E-state index contributed by atoms with van der Waals surface area (Å²) in [4.78, 5) is 16.9. The van der Waals surface area contributed by atoms with Gasteiger partial charge in [0, 0.05) is 25.0 Å². The predicted molar refractivity (Wildman–Crippen MR) is 76.7 cm³/mol. The highest BCUT2D eigenvalue weighted by Crippen LogP contribution is 2.13. The molecule has 20 heavy (non-hydrogen) atoms. The molecule has 1 heterocycles. The second kappa shape index (κ2) is 7.14. The number of hydrogen-bond acceptors (Lipinski definition) is 5. The quantitative estimate of drug-likeness (QED) is 0.814. The Kier molecular flexibility index (Phi) is 5.23. The lowest BCUT2D eigenvalue weighted by Crippen LogP contribution is -2.26. The van der Waals surface area contributed by atoms with Gasteiger partial charge in [0.25, 0.3) is 0 Å². The van der Waals surface area contributed by atoms with Crippen molar-refractivity contribution < 1.29 is 15.0 Å². The van der Waals surface area contributed by atoms with Crippen LogP contribution in [-0.4, -0.2) is 39.2 Å². The van der Waals surface area contributed by atoms with E-state index in [4.69, 9.17) is 10.2 Å². The van der Waals surface area contributed by atoms with Crippen LogP contribution in [0.4, 0.5) is 0 Å². The molecule has 0 amide bonds. The van der Waals surface area contributed by atoms with Crippen LogP contribution in [0.2, 0.25) is 0 Å². The molecule has 0 saturated carbocycles. The first-order valence-corrected chi connectivity index (χ1v) is 7.12. The number of hydrogen-bond donors (Lipinski definition) is 2. The lowest BCUT2D eigenvalue weighted by Gasteiger charge is -2.20. The minimum Gasteiger partial charge on any atom is -0.476 e. The molecule has 0 atom stereocenters. The van der Waals surface area contributed by atoms with E-state index in [9.17, 15) is 4.79 Å². The summed E-state index contributed by atoms with van der Waals surface area (Å²) in [5, 5.41) is 19.8. The fourth-order valence-corrected chi connectivity index (χ4v) is 2.55. The van der Waals surface area contributed by atoms with Gasteiger partial charge in [-0.15, -0.1) is 11.3 Å². The number of thiazole rings is 1. The zero-order valence-electron chi connectivity index (χ0n) is 10.9. The zero-order valence-corrected chi connectivity index (χ0v) is 11.7. The van der Waals surface area contributed by atoms with Crippen LogP contribution in [0.15, 0.2) is 35.7 Å². The van der Waals surface area contributed by atoms with Crippen LogP contribution in [0.3, 0.4) is 0 Å². The maximum absolute atomic E-state index is 10.8. The van der Waals surface area contributed by atoms with E-state index < -0.39 is 5.97 Å². The molecule has 6 heteroatoms. The van der Waals surface area contributed by atoms with Crippen LogP contribution >= 0.6 is 11.3 Å². The van der Waals surface area contributed by atoms with Crippen molar-refractivity contribution in [3.8, 4) is 0 Å². The Morgan fingerprint density at radius 2 is 2.00 bits per heavy atom. The molecule has 0 spiro atoms. The number of carbonyl (C=O) groups is 1. The summed E-state index contributed by atoms with van der Waals surface area (Å²) in [6.45, 7) is 1.80. The van der Waals surface area contributed by atoms with E-state index in [1.807, 2.05) is 35.2 Å². The molecule has 2 aromatic rings. The molecule has 2 N–H and O–H groups in total. The van der Waals surface area contributed by atoms with E-state index in [1.165, 1.54) is 0 Å². The number of benzene rings is 1. The smallest absolute Gasteiger partial charge is 0.365 e. The Bertz CT molecular complexity index is 557. The average Bonchev–Trinajstić information content (AvgIpc) is 2.89. The van der Waals surface area contributed by atoms with E-state index in [0.717, 1.165) is 22.6 Å². The van der Waals surface area contributed by atoms with Gasteiger partial charge >= 0.3 is 5.97 Å². The molecule has 0 unspecified atom stereocenters. The highest BCUT2D eigenvalue weighted by molar-refractivity contribution is 7.11. The van der Waals surface area contributed by atoms with Crippen molar-refractivity contribution in [1.82, 2.24) is 9.88 Å². The van der Waals surface area contributed by atoms with Gasteiger partial charge in [-0.1, -0.05) is 30.3 Å². The van der Waals surface area contributed by atoms with Gasteiger partial charge in [-0.3, -0.25) is 4.90 Å². The number of rotatable bonds is 7. The van der Waals surface area contributed by atoms with Crippen LogP contribution in [0.25, 0.3) is 0 Å². The normalized spacial score (nSPS) is 10.9. The molecule has 1 aromatic carbocycles. The van der Waals surface area contributed by atoms with Crippen molar-refractivity contribution >= 4 is 17.3 Å². The van der Waals surface area contributed by atoms with Crippen LogP contribution in [-0.2, 0) is 13.1 Å². The predicted octanol–water partition coefficient (Wildman–Crippen LogP) is 1.84. The van der Waals surface area contributed by atoms with Crippen LogP contribution in [0.1, 0.15) is 21.1 Å². The highest BCUT2D eigenvalue weighted by atomic mass is 32.1.